The molecule has 0 spiro atoms. The van der Waals surface area contributed by atoms with Gasteiger partial charge in [-0.05, 0) is 44.2 Å². The first-order chi connectivity index (χ1) is 6.45. The van der Waals surface area contributed by atoms with Crippen LogP contribution in [0.4, 0.5) is 0 Å². The molecule has 3 heteroatoms. The van der Waals surface area contributed by atoms with Crippen molar-refractivity contribution < 1.29 is 0 Å². The molecule has 0 aliphatic carbocycles. The molecule has 0 aromatic heterocycles. The van der Waals surface area contributed by atoms with Crippen molar-refractivity contribution in [1.82, 2.24) is 16.0 Å². The van der Waals surface area contributed by atoms with E-state index in [2.05, 4.69) is 28.1 Å². The van der Waals surface area contributed by atoms with Gasteiger partial charge in [0.05, 0.1) is 12.3 Å². The third kappa shape index (κ3) is 2.57. The predicted molar refractivity (Wildman–Crippen MR) is 54.0 cm³/mol. The van der Waals surface area contributed by atoms with E-state index in [-0.39, 0.29) is 0 Å². The Morgan fingerprint density at radius 2 is 2.23 bits per heavy atom. The predicted octanol–water partition coefficient (Wildman–Crippen LogP) is 0.675. The topological polar surface area (TPSA) is 36.1 Å². The highest BCUT2D eigenvalue weighted by atomic mass is 15.2. The molecule has 3 nitrogen and oxygen atoms in total. The first-order valence-electron chi connectivity index (χ1n) is 5.04. The van der Waals surface area contributed by atoms with Gasteiger partial charge in [-0.1, -0.05) is 6.08 Å². The van der Waals surface area contributed by atoms with E-state index < -0.39 is 0 Å². The Labute approximate surface area is 79.3 Å². The van der Waals surface area contributed by atoms with Crippen molar-refractivity contribution in [2.75, 3.05) is 6.54 Å². The van der Waals surface area contributed by atoms with Gasteiger partial charge in [0.25, 0.3) is 0 Å². The van der Waals surface area contributed by atoms with Crippen molar-refractivity contribution in [3.63, 3.8) is 0 Å². The minimum absolute atomic E-state index is 0.292. The van der Waals surface area contributed by atoms with Gasteiger partial charge < -0.3 is 10.6 Å². The number of piperidine rings is 1. The van der Waals surface area contributed by atoms with Crippen LogP contribution < -0.4 is 16.0 Å². The van der Waals surface area contributed by atoms with E-state index in [0.29, 0.717) is 12.3 Å². The highest BCUT2D eigenvalue weighted by molar-refractivity contribution is 5.11. The molecule has 2 aliphatic rings. The van der Waals surface area contributed by atoms with Crippen LogP contribution in [0.2, 0.25) is 0 Å². The van der Waals surface area contributed by atoms with Gasteiger partial charge in [0.1, 0.15) is 0 Å². The fourth-order valence-electron chi connectivity index (χ4n) is 1.76. The summed E-state index contributed by atoms with van der Waals surface area (Å²) in [6, 6.07) is 0. The van der Waals surface area contributed by atoms with Crippen LogP contribution in [0.5, 0.6) is 0 Å². The zero-order valence-electron chi connectivity index (χ0n) is 7.79. The molecule has 2 heterocycles. The zero-order chi connectivity index (χ0) is 8.93. The van der Waals surface area contributed by atoms with Crippen LogP contribution in [0.1, 0.15) is 19.3 Å². The van der Waals surface area contributed by atoms with Gasteiger partial charge in [0, 0.05) is 0 Å². The number of rotatable bonds is 2. The maximum Gasteiger partial charge on any atom is 0.0971 e. The summed E-state index contributed by atoms with van der Waals surface area (Å²) < 4.78 is 0. The normalized spacial score (nSPS) is 32.9. The summed E-state index contributed by atoms with van der Waals surface area (Å²) >= 11 is 0. The molecule has 0 amide bonds. The highest BCUT2D eigenvalue weighted by Gasteiger charge is 2.14. The van der Waals surface area contributed by atoms with Crippen LogP contribution >= 0.6 is 0 Å². The van der Waals surface area contributed by atoms with E-state index in [1.165, 1.54) is 19.3 Å². The Hall–Kier alpha value is -0.800. The molecule has 0 saturated carbocycles. The molecule has 72 valence electrons. The standard InChI is InChI=1S/C10H17N3/c1-3-7-11-9(5-1)13-10-6-2-4-8-12-10/h1,3,5,7,9-13H,2,4,6,8H2. The lowest BCUT2D eigenvalue weighted by Gasteiger charge is -2.29. The lowest BCUT2D eigenvalue weighted by atomic mass is 10.1. The Kier molecular flexibility index (Phi) is 3.00. The molecule has 2 atom stereocenters. The number of allylic oxidation sites excluding steroid dienone is 2. The Morgan fingerprint density at radius 1 is 1.23 bits per heavy atom. The zero-order valence-corrected chi connectivity index (χ0v) is 7.79. The van der Waals surface area contributed by atoms with Crippen molar-refractivity contribution >= 4 is 0 Å². The molecule has 0 bridgehead atoms. The molecule has 0 radical (unpaired) electrons. The SMILES string of the molecule is C1=CNC(NC2CCCCN2)C=C1. The van der Waals surface area contributed by atoms with E-state index in [4.69, 9.17) is 0 Å². The van der Waals surface area contributed by atoms with Gasteiger partial charge in [-0.25, -0.2) is 0 Å². The van der Waals surface area contributed by atoms with Gasteiger partial charge in [-0.2, -0.15) is 0 Å². The molecule has 1 saturated heterocycles. The maximum atomic E-state index is 3.50. The van der Waals surface area contributed by atoms with Gasteiger partial charge in [0.15, 0.2) is 0 Å². The number of nitrogens with one attached hydrogen (secondary N) is 3. The highest BCUT2D eigenvalue weighted by Crippen LogP contribution is 2.05. The summed E-state index contributed by atoms with van der Waals surface area (Å²) in [6.07, 6.45) is 12.8. The van der Waals surface area contributed by atoms with Crippen molar-refractivity contribution in [1.29, 1.82) is 0 Å². The van der Waals surface area contributed by atoms with Crippen LogP contribution in [0.15, 0.2) is 24.4 Å². The van der Waals surface area contributed by atoms with Crippen LogP contribution in [0, 0.1) is 0 Å². The van der Waals surface area contributed by atoms with E-state index in [1.54, 1.807) is 0 Å². The molecular formula is C10H17N3. The smallest absolute Gasteiger partial charge is 0.0971 e. The number of hydrogen-bond donors (Lipinski definition) is 3. The largest absolute Gasteiger partial charge is 0.372 e. The minimum atomic E-state index is 0.292. The quantitative estimate of drug-likeness (QED) is 0.583. The second-order valence-corrected chi connectivity index (χ2v) is 3.56. The summed E-state index contributed by atoms with van der Waals surface area (Å²) in [4.78, 5) is 0. The third-order valence-electron chi connectivity index (χ3n) is 2.48. The van der Waals surface area contributed by atoms with Gasteiger partial charge in [-0.15, -0.1) is 0 Å². The summed E-state index contributed by atoms with van der Waals surface area (Å²) in [7, 11) is 0. The second kappa shape index (κ2) is 4.44. The fourth-order valence-corrected chi connectivity index (χ4v) is 1.76. The Morgan fingerprint density at radius 3 is 2.92 bits per heavy atom. The second-order valence-electron chi connectivity index (χ2n) is 3.56. The summed E-state index contributed by atoms with van der Waals surface area (Å²) in [5.74, 6) is 0. The molecule has 0 aromatic rings. The van der Waals surface area contributed by atoms with E-state index in [9.17, 15) is 0 Å². The van der Waals surface area contributed by atoms with Crippen LogP contribution in [-0.4, -0.2) is 18.9 Å². The summed E-state index contributed by atoms with van der Waals surface area (Å²) in [5, 5.41) is 10.2. The monoisotopic (exact) mass is 179 g/mol. The third-order valence-corrected chi connectivity index (χ3v) is 2.48. The molecule has 0 aromatic carbocycles. The van der Waals surface area contributed by atoms with E-state index in [1.807, 2.05) is 12.3 Å². The lowest BCUT2D eigenvalue weighted by Crippen LogP contribution is -2.52. The lowest BCUT2D eigenvalue weighted by molar-refractivity contribution is 0.318. The van der Waals surface area contributed by atoms with Gasteiger partial charge >= 0.3 is 0 Å². The fraction of sp³-hybridized carbons (Fsp3) is 0.600. The molecule has 2 aliphatic heterocycles. The van der Waals surface area contributed by atoms with Crippen molar-refractivity contribution in [3.05, 3.63) is 24.4 Å². The molecule has 13 heavy (non-hydrogen) atoms. The van der Waals surface area contributed by atoms with Crippen LogP contribution in [0.25, 0.3) is 0 Å². The average molecular weight is 179 g/mol. The first-order valence-corrected chi connectivity index (χ1v) is 5.04. The average Bonchev–Trinajstić information content (AvgIpc) is 2.21. The number of dihydropyridines is 1. The van der Waals surface area contributed by atoms with Crippen molar-refractivity contribution in [2.45, 2.75) is 31.6 Å². The first kappa shape index (κ1) is 8.78. The van der Waals surface area contributed by atoms with Crippen molar-refractivity contribution in [3.8, 4) is 0 Å². The van der Waals surface area contributed by atoms with Gasteiger partial charge in [0.2, 0.25) is 0 Å². The van der Waals surface area contributed by atoms with Gasteiger partial charge in [-0.3, -0.25) is 5.32 Å². The molecular weight excluding hydrogens is 162 g/mol. The Bertz CT molecular complexity index is 204. The molecule has 2 unspecified atom stereocenters. The molecule has 2 rings (SSSR count). The van der Waals surface area contributed by atoms with Crippen LogP contribution in [-0.2, 0) is 0 Å². The minimum Gasteiger partial charge on any atom is -0.372 e. The summed E-state index contributed by atoms with van der Waals surface area (Å²) in [5.41, 5.74) is 0. The molecule has 3 N–H and O–H groups in total. The molecule has 1 fully saturated rings. The number of hydrogen-bond acceptors (Lipinski definition) is 3. The van der Waals surface area contributed by atoms with E-state index in [0.717, 1.165) is 6.54 Å². The summed E-state index contributed by atoms with van der Waals surface area (Å²) in [6.45, 7) is 1.14. The van der Waals surface area contributed by atoms with Crippen molar-refractivity contribution in [2.24, 2.45) is 0 Å². The van der Waals surface area contributed by atoms with E-state index >= 15 is 0 Å². The Balaban J connectivity index is 1.76. The van der Waals surface area contributed by atoms with Crippen LogP contribution in [0.3, 0.4) is 0 Å². The maximum absolute atomic E-state index is 3.50.